The maximum Gasteiger partial charge on any atom is 0.286 e. The van der Waals surface area contributed by atoms with Crippen LogP contribution in [0, 0.1) is 0 Å². The molecule has 0 saturated carbocycles. The molecule has 3 heterocycles. The fraction of sp³-hybridized carbons (Fsp3) is 0.333. The fourth-order valence-electron chi connectivity index (χ4n) is 3.45. The normalized spacial score (nSPS) is 19.9. The lowest BCUT2D eigenvalue weighted by molar-refractivity contribution is -0.131. The van der Waals surface area contributed by atoms with Crippen LogP contribution in [0.2, 0.25) is 0 Å². The first kappa shape index (κ1) is 18.2. The second kappa shape index (κ2) is 7.07. The second-order valence-electron chi connectivity index (χ2n) is 7.53. The fourth-order valence-corrected chi connectivity index (χ4v) is 3.45. The van der Waals surface area contributed by atoms with E-state index in [0.29, 0.717) is 18.8 Å². The average Bonchev–Trinajstić information content (AvgIpc) is 3.08. The largest absolute Gasteiger partial charge is 0.487 e. The van der Waals surface area contributed by atoms with Crippen LogP contribution in [0.4, 0.5) is 0 Å². The third kappa shape index (κ3) is 3.74. The van der Waals surface area contributed by atoms with Crippen LogP contribution in [0.25, 0.3) is 11.4 Å². The number of carbonyl (C=O) groups excluding carboxylic acids is 2. The van der Waals surface area contributed by atoms with E-state index < -0.39 is 11.5 Å². The van der Waals surface area contributed by atoms with E-state index in [4.69, 9.17) is 9.47 Å². The Balaban J connectivity index is 1.42. The van der Waals surface area contributed by atoms with Gasteiger partial charge in [-0.25, -0.2) is 9.97 Å². The van der Waals surface area contributed by atoms with E-state index in [1.165, 1.54) is 6.08 Å². The molecule has 0 aliphatic carbocycles. The Labute approximate surface area is 162 Å². The van der Waals surface area contributed by atoms with Gasteiger partial charge in [-0.3, -0.25) is 9.59 Å². The maximum atomic E-state index is 12.4. The van der Waals surface area contributed by atoms with E-state index in [2.05, 4.69) is 15.3 Å². The first-order chi connectivity index (χ1) is 13.4. The quantitative estimate of drug-likeness (QED) is 0.876. The summed E-state index contributed by atoms with van der Waals surface area (Å²) in [6.07, 6.45) is 5.35. The molecule has 144 valence electrons. The smallest absolute Gasteiger partial charge is 0.286 e. The maximum absolute atomic E-state index is 12.4. The van der Waals surface area contributed by atoms with Crippen molar-refractivity contribution in [3.63, 3.8) is 0 Å². The molecule has 4 rings (SSSR count). The van der Waals surface area contributed by atoms with Crippen molar-refractivity contribution in [2.24, 2.45) is 0 Å². The van der Waals surface area contributed by atoms with Crippen molar-refractivity contribution in [3.8, 4) is 17.1 Å². The topological polar surface area (TPSA) is 90.4 Å². The van der Waals surface area contributed by atoms with Crippen LogP contribution in [0.5, 0.6) is 5.75 Å². The van der Waals surface area contributed by atoms with Gasteiger partial charge in [0.25, 0.3) is 5.91 Å². The van der Waals surface area contributed by atoms with Gasteiger partial charge in [0.2, 0.25) is 0 Å². The van der Waals surface area contributed by atoms with Crippen molar-refractivity contribution in [1.29, 1.82) is 0 Å². The summed E-state index contributed by atoms with van der Waals surface area (Å²) in [5, 5.41) is 2.81. The highest BCUT2D eigenvalue weighted by Gasteiger charge is 2.32. The lowest BCUT2D eigenvalue weighted by Crippen LogP contribution is -2.40. The van der Waals surface area contributed by atoms with Gasteiger partial charge in [0, 0.05) is 31.3 Å². The van der Waals surface area contributed by atoms with Crippen molar-refractivity contribution in [3.05, 3.63) is 54.1 Å². The molecule has 1 amide bonds. The van der Waals surface area contributed by atoms with Crippen molar-refractivity contribution < 1.29 is 19.1 Å². The standard InChI is InChI=1S/C21H21N3O4/c1-21(2)11-14(25)10-17(28-21)20(26)24-12-15-9-13-5-3-6-16(18(13)27-15)19-22-7-4-8-23-19/h3-8,10,15H,9,11-12H2,1-2H3,(H,24,26)/t15-/m0/s1. The molecule has 0 saturated heterocycles. The zero-order chi connectivity index (χ0) is 19.7. The highest BCUT2D eigenvalue weighted by Crippen LogP contribution is 2.37. The summed E-state index contributed by atoms with van der Waals surface area (Å²) in [7, 11) is 0. The Hall–Kier alpha value is -3.22. The lowest BCUT2D eigenvalue weighted by atomic mass is 9.98. The molecule has 1 aromatic heterocycles. The summed E-state index contributed by atoms with van der Waals surface area (Å²) in [5.74, 6) is 0.879. The van der Waals surface area contributed by atoms with Gasteiger partial charge in [0.1, 0.15) is 17.5 Å². The monoisotopic (exact) mass is 379 g/mol. The van der Waals surface area contributed by atoms with Gasteiger partial charge < -0.3 is 14.8 Å². The van der Waals surface area contributed by atoms with Crippen LogP contribution in [0.15, 0.2) is 48.5 Å². The molecular weight excluding hydrogens is 358 g/mol. The molecular formula is C21H21N3O4. The molecule has 1 atom stereocenters. The Morgan fingerprint density at radius 1 is 1.25 bits per heavy atom. The molecule has 7 heteroatoms. The molecule has 28 heavy (non-hydrogen) atoms. The molecule has 2 aromatic rings. The van der Waals surface area contributed by atoms with Crippen molar-refractivity contribution in [1.82, 2.24) is 15.3 Å². The number of nitrogens with one attached hydrogen (secondary N) is 1. The summed E-state index contributed by atoms with van der Waals surface area (Å²) in [6, 6.07) is 7.63. The molecule has 2 aliphatic heterocycles. The minimum absolute atomic E-state index is 0.0511. The van der Waals surface area contributed by atoms with E-state index in [1.54, 1.807) is 32.3 Å². The lowest BCUT2D eigenvalue weighted by Gasteiger charge is -2.29. The molecule has 0 unspecified atom stereocenters. The molecule has 7 nitrogen and oxygen atoms in total. The number of hydrogen-bond acceptors (Lipinski definition) is 6. The number of aromatic nitrogens is 2. The number of ketones is 1. The van der Waals surface area contributed by atoms with Gasteiger partial charge in [-0.1, -0.05) is 12.1 Å². The molecule has 0 bridgehead atoms. The summed E-state index contributed by atoms with van der Waals surface area (Å²) >= 11 is 0. The molecule has 1 N–H and O–H groups in total. The number of allylic oxidation sites excluding steroid dienone is 1. The zero-order valence-electron chi connectivity index (χ0n) is 15.8. The zero-order valence-corrected chi connectivity index (χ0v) is 15.8. The third-order valence-electron chi connectivity index (χ3n) is 4.63. The number of ether oxygens (including phenoxy) is 2. The Morgan fingerprint density at radius 3 is 2.79 bits per heavy atom. The second-order valence-corrected chi connectivity index (χ2v) is 7.53. The predicted octanol–water partition coefficient (Wildman–Crippen LogP) is 2.22. The van der Waals surface area contributed by atoms with Crippen molar-refractivity contribution >= 4 is 11.7 Å². The van der Waals surface area contributed by atoms with Gasteiger partial charge in [-0.15, -0.1) is 0 Å². The van der Waals surface area contributed by atoms with Gasteiger partial charge in [-0.2, -0.15) is 0 Å². The molecule has 1 aromatic carbocycles. The summed E-state index contributed by atoms with van der Waals surface area (Å²) in [6.45, 7) is 3.88. The first-order valence-electron chi connectivity index (χ1n) is 9.19. The van der Waals surface area contributed by atoms with Crippen molar-refractivity contribution in [2.75, 3.05) is 6.54 Å². The average molecular weight is 379 g/mol. The molecule has 2 aliphatic rings. The van der Waals surface area contributed by atoms with E-state index in [-0.39, 0.29) is 24.1 Å². The van der Waals surface area contributed by atoms with Crippen LogP contribution < -0.4 is 10.1 Å². The summed E-state index contributed by atoms with van der Waals surface area (Å²) in [4.78, 5) is 32.8. The van der Waals surface area contributed by atoms with E-state index in [0.717, 1.165) is 16.9 Å². The van der Waals surface area contributed by atoms with Gasteiger partial charge in [-0.05, 0) is 31.5 Å². The molecule has 0 fully saturated rings. The predicted molar refractivity (Wildman–Crippen MR) is 101 cm³/mol. The Morgan fingerprint density at radius 2 is 2.04 bits per heavy atom. The van der Waals surface area contributed by atoms with Gasteiger partial charge >= 0.3 is 0 Å². The number of carbonyl (C=O) groups is 2. The number of amides is 1. The minimum Gasteiger partial charge on any atom is -0.487 e. The SMILES string of the molecule is CC1(C)CC(=O)C=C(C(=O)NC[C@@H]2Cc3cccc(-c4ncccn4)c3O2)O1. The number of fused-ring (bicyclic) bond motifs is 1. The Kier molecular flexibility index (Phi) is 4.58. The van der Waals surface area contributed by atoms with E-state index in [1.807, 2.05) is 18.2 Å². The molecule has 0 spiro atoms. The summed E-state index contributed by atoms with van der Waals surface area (Å²) < 4.78 is 11.7. The van der Waals surface area contributed by atoms with Crippen LogP contribution in [-0.4, -0.2) is 39.9 Å². The number of rotatable bonds is 4. The van der Waals surface area contributed by atoms with Gasteiger partial charge in [0.15, 0.2) is 17.4 Å². The van der Waals surface area contributed by atoms with Crippen LogP contribution in [0.1, 0.15) is 25.8 Å². The minimum atomic E-state index is -0.677. The highest BCUT2D eigenvalue weighted by atomic mass is 16.5. The molecule has 0 radical (unpaired) electrons. The number of hydrogen-bond donors (Lipinski definition) is 1. The number of benzene rings is 1. The third-order valence-corrected chi connectivity index (χ3v) is 4.63. The van der Waals surface area contributed by atoms with Crippen LogP contribution in [0.3, 0.4) is 0 Å². The van der Waals surface area contributed by atoms with E-state index in [9.17, 15) is 9.59 Å². The number of para-hydroxylation sites is 1. The van der Waals surface area contributed by atoms with E-state index >= 15 is 0 Å². The summed E-state index contributed by atoms with van der Waals surface area (Å²) in [5.41, 5.74) is 1.20. The first-order valence-corrected chi connectivity index (χ1v) is 9.19. The Bertz CT molecular complexity index is 953. The van der Waals surface area contributed by atoms with Crippen LogP contribution >= 0.6 is 0 Å². The highest BCUT2D eigenvalue weighted by molar-refractivity contribution is 6.01. The van der Waals surface area contributed by atoms with Gasteiger partial charge in [0.05, 0.1) is 12.1 Å². The number of nitrogens with zero attached hydrogens (tertiary/aromatic N) is 2. The van der Waals surface area contributed by atoms with Crippen LogP contribution in [-0.2, 0) is 20.7 Å². The van der Waals surface area contributed by atoms with Crippen molar-refractivity contribution in [2.45, 2.75) is 38.4 Å².